The van der Waals surface area contributed by atoms with Gasteiger partial charge in [0.15, 0.2) is 0 Å². The monoisotopic (exact) mass is 479 g/mol. The number of halogens is 1. The Bertz CT molecular complexity index is 1120. The SMILES string of the molecule is O=C(CN1CCc2sccc2C1c1ccc(Cl)cc1)N1CCN(C(=O)c2ccccc2)CC1. The zero-order valence-corrected chi connectivity index (χ0v) is 19.9. The van der Waals surface area contributed by atoms with Crippen molar-refractivity contribution < 1.29 is 9.59 Å². The van der Waals surface area contributed by atoms with Gasteiger partial charge in [-0.25, -0.2) is 0 Å². The van der Waals surface area contributed by atoms with Crippen molar-refractivity contribution in [3.8, 4) is 0 Å². The van der Waals surface area contributed by atoms with Crippen LogP contribution in [0.25, 0.3) is 0 Å². The number of fused-ring (bicyclic) bond motifs is 1. The molecule has 2 aromatic carbocycles. The molecule has 2 aliphatic heterocycles. The lowest BCUT2D eigenvalue weighted by Crippen LogP contribution is -2.53. The van der Waals surface area contributed by atoms with Gasteiger partial charge in [0.2, 0.25) is 5.91 Å². The summed E-state index contributed by atoms with van der Waals surface area (Å²) in [5, 5.41) is 2.85. The van der Waals surface area contributed by atoms with Crippen LogP contribution in [0.3, 0.4) is 0 Å². The molecule has 2 aliphatic rings. The second-order valence-electron chi connectivity index (χ2n) is 8.51. The third kappa shape index (κ3) is 4.69. The first-order chi connectivity index (χ1) is 16.1. The molecule has 3 aromatic rings. The Hall–Kier alpha value is -2.67. The minimum Gasteiger partial charge on any atom is -0.338 e. The fraction of sp³-hybridized carbons (Fsp3) is 0.308. The Morgan fingerprint density at radius 3 is 2.30 bits per heavy atom. The van der Waals surface area contributed by atoms with E-state index in [9.17, 15) is 9.59 Å². The Balaban J connectivity index is 1.25. The van der Waals surface area contributed by atoms with Gasteiger partial charge < -0.3 is 9.80 Å². The van der Waals surface area contributed by atoms with Crippen molar-refractivity contribution in [1.82, 2.24) is 14.7 Å². The average molecular weight is 480 g/mol. The van der Waals surface area contributed by atoms with Gasteiger partial charge in [0.25, 0.3) is 5.91 Å². The molecule has 0 saturated carbocycles. The van der Waals surface area contributed by atoms with Crippen LogP contribution >= 0.6 is 22.9 Å². The fourth-order valence-corrected chi connectivity index (χ4v) is 5.80. The zero-order valence-electron chi connectivity index (χ0n) is 18.3. The van der Waals surface area contributed by atoms with Crippen molar-refractivity contribution in [2.45, 2.75) is 12.5 Å². The van der Waals surface area contributed by atoms with Gasteiger partial charge in [-0.05, 0) is 53.3 Å². The van der Waals surface area contributed by atoms with Crippen LogP contribution in [0.1, 0.15) is 32.4 Å². The first kappa shape index (κ1) is 22.1. The summed E-state index contributed by atoms with van der Waals surface area (Å²) in [4.78, 5) is 33.4. The van der Waals surface area contributed by atoms with E-state index in [1.165, 1.54) is 10.4 Å². The maximum absolute atomic E-state index is 13.3. The lowest BCUT2D eigenvalue weighted by molar-refractivity contribution is -0.134. The maximum atomic E-state index is 13.3. The van der Waals surface area contributed by atoms with E-state index in [2.05, 4.69) is 28.5 Å². The molecule has 0 bridgehead atoms. The molecular weight excluding hydrogens is 454 g/mol. The smallest absolute Gasteiger partial charge is 0.253 e. The number of benzene rings is 2. The van der Waals surface area contributed by atoms with Crippen LogP contribution in [0.4, 0.5) is 0 Å². The van der Waals surface area contributed by atoms with Crippen molar-refractivity contribution in [2.24, 2.45) is 0 Å². The first-order valence-corrected chi connectivity index (χ1v) is 12.5. The Labute approximate surface area is 203 Å². The van der Waals surface area contributed by atoms with Crippen LogP contribution in [0.15, 0.2) is 66.0 Å². The van der Waals surface area contributed by atoms with Gasteiger partial charge in [0, 0.05) is 48.2 Å². The summed E-state index contributed by atoms with van der Waals surface area (Å²) >= 11 is 7.92. The van der Waals surface area contributed by atoms with Gasteiger partial charge in [0.05, 0.1) is 12.6 Å². The number of piperazine rings is 1. The van der Waals surface area contributed by atoms with Crippen molar-refractivity contribution in [1.29, 1.82) is 0 Å². The van der Waals surface area contributed by atoms with Crippen molar-refractivity contribution in [3.63, 3.8) is 0 Å². The van der Waals surface area contributed by atoms with E-state index < -0.39 is 0 Å². The number of thiophene rings is 1. The topological polar surface area (TPSA) is 43.9 Å². The van der Waals surface area contributed by atoms with E-state index >= 15 is 0 Å². The molecule has 1 fully saturated rings. The largest absolute Gasteiger partial charge is 0.338 e. The van der Waals surface area contributed by atoms with Gasteiger partial charge >= 0.3 is 0 Å². The number of amides is 2. The van der Waals surface area contributed by atoms with Gasteiger partial charge in [-0.15, -0.1) is 11.3 Å². The van der Waals surface area contributed by atoms with Crippen LogP contribution in [0.2, 0.25) is 5.02 Å². The van der Waals surface area contributed by atoms with E-state index in [1.807, 2.05) is 52.3 Å². The molecule has 1 atom stereocenters. The van der Waals surface area contributed by atoms with Crippen LogP contribution in [0.5, 0.6) is 0 Å². The highest BCUT2D eigenvalue weighted by atomic mass is 35.5. The molecule has 1 saturated heterocycles. The van der Waals surface area contributed by atoms with Crippen molar-refractivity contribution in [2.75, 3.05) is 39.3 Å². The van der Waals surface area contributed by atoms with Gasteiger partial charge in [0.1, 0.15) is 0 Å². The van der Waals surface area contributed by atoms with Crippen LogP contribution in [-0.2, 0) is 11.2 Å². The molecule has 1 aromatic heterocycles. The maximum Gasteiger partial charge on any atom is 0.253 e. The first-order valence-electron chi connectivity index (χ1n) is 11.3. The predicted octanol–water partition coefficient (Wildman–Crippen LogP) is 4.33. The Morgan fingerprint density at radius 1 is 0.879 bits per heavy atom. The molecule has 5 rings (SSSR count). The minimum atomic E-state index is 0.0338. The Kier molecular flexibility index (Phi) is 6.49. The third-order valence-electron chi connectivity index (χ3n) is 6.53. The number of carbonyl (C=O) groups excluding carboxylic acids is 2. The number of nitrogens with zero attached hydrogens (tertiary/aromatic N) is 3. The second kappa shape index (κ2) is 9.67. The number of hydrogen-bond acceptors (Lipinski definition) is 4. The number of rotatable bonds is 4. The molecule has 3 heterocycles. The third-order valence-corrected chi connectivity index (χ3v) is 7.78. The Morgan fingerprint density at radius 2 is 1.58 bits per heavy atom. The lowest BCUT2D eigenvalue weighted by Gasteiger charge is -2.39. The van der Waals surface area contributed by atoms with Crippen LogP contribution in [-0.4, -0.2) is 65.8 Å². The summed E-state index contributed by atoms with van der Waals surface area (Å²) in [6.07, 6.45) is 0.962. The van der Waals surface area contributed by atoms with Crippen molar-refractivity contribution >= 4 is 34.8 Å². The average Bonchev–Trinajstić information content (AvgIpc) is 3.34. The molecule has 1 unspecified atom stereocenters. The molecule has 0 spiro atoms. The van der Waals surface area contributed by atoms with Gasteiger partial charge in [-0.3, -0.25) is 14.5 Å². The molecule has 0 N–H and O–H groups in total. The minimum absolute atomic E-state index is 0.0338. The highest BCUT2D eigenvalue weighted by Crippen LogP contribution is 2.38. The van der Waals surface area contributed by atoms with E-state index in [0.29, 0.717) is 43.3 Å². The summed E-state index contributed by atoms with van der Waals surface area (Å²) < 4.78 is 0. The van der Waals surface area contributed by atoms with Gasteiger partial charge in [-0.1, -0.05) is 41.9 Å². The molecule has 7 heteroatoms. The summed E-state index contributed by atoms with van der Waals surface area (Å²) in [5.41, 5.74) is 3.15. The molecular formula is C26H26ClN3O2S. The highest BCUT2D eigenvalue weighted by molar-refractivity contribution is 7.10. The summed E-state index contributed by atoms with van der Waals surface area (Å²) in [5.74, 6) is 0.158. The fourth-order valence-electron chi connectivity index (χ4n) is 4.77. The van der Waals surface area contributed by atoms with Crippen LogP contribution in [0, 0.1) is 0 Å². The zero-order chi connectivity index (χ0) is 22.8. The van der Waals surface area contributed by atoms with E-state index in [0.717, 1.165) is 18.5 Å². The van der Waals surface area contributed by atoms with Crippen LogP contribution < -0.4 is 0 Å². The number of carbonyl (C=O) groups is 2. The summed E-state index contributed by atoms with van der Waals surface area (Å²) in [7, 11) is 0. The van der Waals surface area contributed by atoms with Crippen molar-refractivity contribution in [3.05, 3.63) is 92.6 Å². The predicted molar refractivity (Wildman–Crippen MR) is 132 cm³/mol. The van der Waals surface area contributed by atoms with E-state index in [-0.39, 0.29) is 17.9 Å². The molecule has 0 aliphatic carbocycles. The normalized spacial score (nSPS) is 18.8. The molecule has 170 valence electrons. The summed E-state index contributed by atoms with van der Waals surface area (Å²) in [6.45, 7) is 3.48. The van der Waals surface area contributed by atoms with E-state index in [4.69, 9.17) is 11.6 Å². The van der Waals surface area contributed by atoms with E-state index in [1.54, 1.807) is 11.3 Å². The second-order valence-corrected chi connectivity index (χ2v) is 9.95. The molecule has 33 heavy (non-hydrogen) atoms. The quantitative estimate of drug-likeness (QED) is 0.559. The highest BCUT2D eigenvalue weighted by Gasteiger charge is 2.33. The molecule has 2 amide bonds. The molecule has 5 nitrogen and oxygen atoms in total. The van der Waals surface area contributed by atoms with Gasteiger partial charge in [-0.2, -0.15) is 0 Å². The standard InChI is InChI=1S/C26H26ClN3O2S/c27-21-8-6-19(7-9-21)25-22-11-17-33-23(22)10-12-30(25)18-24(31)28-13-15-29(16-14-28)26(32)20-4-2-1-3-5-20/h1-9,11,17,25H,10,12-16,18H2. The number of hydrogen-bond donors (Lipinski definition) is 0. The molecule has 0 radical (unpaired) electrons. The summed E-state index contributed by atoms with van der Waals surface area (Å²) in [6, 6.07) is 19.5. The lowest BCUT2D eigenvalue weighted by atomic mass is 9.93.